The Bertz CT molecular complexity index is 489. The summed E-state index contributed by atoms with van der Waals surface area (Å²) >= 11 is 4.92. The van der Waals surface area contributed by atoms with Crippen LogP contribution in [-0.4, -0.2) is 40.3 Å². The Morgan fingerprint density at radius 3 is 2.67 bits per heavy atom. The van der Waals surface area contributed by atoms with Gasteiger partial charge in [0.2, 0.25) is 0 Å². The van der Waals surface area contributed by atoms with Gasteiger partial charge in [-0.1, -0.05) is 0 Å². The molecule has 1 aromatic rings. The summed E-state index contributed by atoms with van der Waals surface area (Å²) in [6.45, 7) is 1.40. The van der Waals surface area contributed by atoms with E-state index in [4.69, 9.17) is 0 Å². The SMILES string of the molecule is O=C(c1ccc(Br)c([N+](=O)[O-])c1)N1CCSCC1. The molecule has 0 aliphatic carbocycles. The smallest absolute Gasteiger partial charge is 0.284 e. The van der Waals surface area contributed by atoms with Gasteiger partial charge in [-0.05, 0) is 28.1 Å². The molecule has 1 fully saturated rings. The molecule has 1 aliphatic rings. The molecule has 0 unspecified atom stereocenters. The van der Waals surface area contributed by atoms with Crippen LogP contribution in [0.3, 0.4) is 0 Å². The van der Waals surface area contributed by atoms with E-state index in [0.717, 1.165) is 11.5 Å². The molecule has 2 rings (SSSR count). The molecule has 1 amide bonds. The van der Waals surface area contributed by atoms with Crippen LogP contribution in [0, 0.1) is 10.1 Å². The topological polar surface area (TPSA) is 63.4 Å². The molecule has 7 heteroatoms. The van der Waals surface area contributed by atoms with Crippen molar-refractivity contribution in [2.75, 3.05) is 24.6 Å². The van der Waals surface area contributed by atoms with Crippen LogP contribution >= 0.6 is 27.7 Å². The summed E-state index contributed by atoms with van der Waals surface area (Å²) in [6.07, 6.45) is 0. The van der Waals surface area contributed by atoms with Gasteiger partial charge in [-0.25, -0.2) is 0 Å². The van der Waals surface area contributed by atoms with Gasteiger partial charge in [0, 0.05) is 36.2 Å². The fourth-order valence-corrected chi connectivity index (χ4v) is 3.03. The van der Waals surface area contributed by atoms with Crippen molar-refractivity contribution in [3.63, 3.8) is 0 Å². The van der Waals surface area contributed by atoms with Crippen LogP contribution < -0.4 is 0 Å². The van der Waals surface area contributed by atoms with Crippen molar-refractivity contribution in [2.24, 2.45) is 0 Å². The second-order valence-electron chi connectivity index (χ2n) is 3.83. The van der Waals surface area contributed by atoms with Crippen LogP contribution in [0.25, 0.3) is 0 Å². The van der Waals surface area contributed by atoms with Crippen molar-refractivity contribution >= 4 is 39.3 Å². The second kappa shape index (κ2) is 5.71. The zero-order chi connectivity index (χ0) is 13.1. The Labute approximate surface area is 117 Å². The summed E-state index contributed by atoms with van der Waals surface area (Å²) < 4.78 is 0.387. The van der Waals surface area contributed by atoms with E-state index in [9.17, 15) is 14.9 Å². The monoisotopic (exact) mass is 330 g/mol. The lowest BCUT2D eigenvalue weighted by molar-refractivity contribution is -0.385. The van der Waals surface area contributed by atoms with Gasteiger partial charge in [-0.15, -0.1) is 0 Å². The van der Waals surface area contributed by atoms with Gasteiger partial charge >= 0.3 is 0 Å². The molecule has 1 heterocycles. The Balaban J connectivity index is 2.24. The van der Waals surface area contributed by atoms with Crippen LogP contribution in [-0.2, 0) is 0 Å². The maximum atomic E-state index is 12.2. The molecule has 0 bridgehead atoms. The lowest BCUT2D eigenvalue weighted by Crippen LogP contribution is -2.37. The van der Waals surface area contributed by atoms with Gasteiger partial charge < -0.3 is 4.90 Å². The fraction of sp³-hybridized carbons (Fsp3) is 0.364. The number of carbonyl (C=O) groups excluding carboxylic acids is 1. The maximum absolute atomic E-state index is 12.2. The number of halogens is 1. The van der Waals surface area contributed by atoms with Crippen molar-refractivity contribution in [1.29, 1.82) is 0 Å². The number of rotatable bonds is 2. The minimum Gasteiger partial charge on any atom is -0.337 e. The third-order valence-electron chi connectivity index (χ3n) is 2.69. The average molecular weight is 331 g/mol. The average Bonchev–Trinajstić information content (AvgIpc) is 2.39. The number of thioether (sulfide) groups is 1. The molecule has 0 aromatic heterocycles. The summed E-state index contributed by atoms with van der Waals surface area (Å²) in [4.78, 5) is 24.2. The van der Waals surface area contributed by atoms with Crippen LogP contribution in [0.1, 0.15) is 10.4 Å². The number of nitrogens with zero attached hydrogens (tertiary/aromatic N) is 2. The molecule has 0 N–H and O–H groups in total. The van der Waals surface area contributed by atoms with Gasteiger partial charge in [0.05, 0.1) is 9.40 Å². The van der Waals surface area contributed by atoms with Gasteiger partial charge in [-0.3, -0.25) is 14.9 Å². The summed E-state index contributed by atoms with van der Waals surface area (Å²) in [5.41, 5.74) is 0.295. The largest absolute Gasteiger partial charge is 0.337 e. The first-order chi connectivity index (χ1) is 8.59. The molecule has 1 aromatic carbocycles. The highest BCUT2D eigenvalue weighted by atomic mass is 79.9. The van der Waals surface area contributed by atoms with Crippen LogP contribution in [0.15, 0.2) is 22.7 Å². The number of hydrogen-bond acceptors (Lipinski definition) is 4. The van der Waals surface area contributed by atoms with Gasteiger partial charge in [0.15, 0.2) is 0 Å². The minimum absolute atomic E-state index is 0.0766. The molecule has 0 spiro atoms. The van der Waals surface area contributed by atoms with E-state index >= 15 is 0 Å². The fourth-order valence-electron chi connectivity index (χ4n) is 1.73. The summed E-state index contributed by atoms with van der Waals surface area (Å²) in [5, 5.41) is 10.8. The lowest BCUT2D eigenvalue weighted by Gasteiger charge is -2.26. The molecule has 5 nitrogen and oxygen atoms in total. The van der Waals surface area contributed by atoms with E-state index in [2.05, 4.69) is 15.9 Å². The number of amides is 1. The molecular weight excluding hydrogens is 320 g/mol. The van der Waals surface area contributed by atoms with Crippen LogP contribution in [0.2, 0.25) is 0 Å². The molecule has 96 valence electrons. The summed E-state index contributed by atoms with van der Waals surface area (Å²) in [7, 11) is 0. The maximum Gasteiger partial charge on any atom is 0.284 e. The van der Waals surface area contributed by atoms with E-state index < -0.39 is 4.92 Å². The summed E-state index contributed by atoms with van der Waals surface area (Å²) in [6, 6.07) is 4.49. The highest BCUT2D eigenvalue weighted by Crippen LogP contribution is 2.26. The second-order valence-corrected chi connectivity index (χ2v) is 5.91. The van der Waals surface area contributed by atoms with Crippen LogP contribution in [0.5, 0.6) is 0 Å². The minimum atomic E-state index is -0.493. The molecule has 0 radical (unpaired) electrons. The van der Waals surface area contributed by atoms with Crippen molar-refractivity contribution < 1.29 is 9.72 Å². The summed E-state index contributed by atoms with van der Waals surface area (Å²) in [5.74, 6) is 1.71. The molecule has 1 aliphatic heterocycles. The predicted molar refractivity (Wildman–Crippen MR) is 74.0 cm³/mol. The van der Waals surface area contributed by atoms with Crippen molar-refractivity contribution in [3.05, 3.63) is 38.3 Å². The molecule has 18 heavy (non-hydrogen) atoms. The number of hydrogen-bond donors (Lipinski definition) is 0. The number of nitro groups is 1. The van der Waals surface area contributed by atoms with Gasteiger partial charge in [-0.2, -0.15) is 11.8 Å². The highest BCUT2D eigenvalue weighted by Gasteiger charge is 2.21. The zero-order valence-corrected chi connectivity index (χ0v) is 11.9. The first-order valence-corrected chi connectivity index (χ1v) is 7.35. The third-order valence-corrected chi connectivity index (χ3v) is 4.30. The highest BCUT2D eigenvalue weighted by molar-refractivity contribution is 9.10. The standard InChI is InChI=1S/C11H11BrN2O3S/c12-9-2-1-8(7-10(9)14(16)17)11(15)13-3-5-18-6-4-13/h1-2,7H,3-6H2. The molecule has 1 saturated heterocycles. The van der Waals surface area contributed by atoms with E-state index in [1.165, 1.54) is 6.07 Å². The van der Waals surface area contributed by atoms with Crippen molar-refractivity contribution in [1.82, 2.24) is 4.90 Å². The number of benzene rings is 1. The van der Waals surface area contributed by atoms with Crippen molar-refractivity contribution in [3.8, 4) is 0 Å². The molecule has 0 saturated carbocycles. The van der Waals surface area contributed by atoms with Gasteiger partial charge in [0.1, 0.15) is 0 Å². The Kier molecular flexibility index (Phi) is 4.23. The Morgan fingerprint density at radius 2 is 2.06 bits per heavy atom. The lowest BCUT2D eigenvalue weighted by atomic mass is 10.1. The third kappa shape index (κ3) is 2.84. The first kappa shape index (κ1) is 13.4. The number of carbonyl (C=O) groups is 1. The predicted octanol–water partition coefficient (Wildman–Crippen LogP) is 2.55. The first-order valence-electron chi connectivity index (χ1n) is 5.40. The van der Waals surface area contributed by atoms with Gasteiger partial charge in [0.25, 0.3) is 11.6 Å². The molecular formula is C11H11BrN2O3S. The van der Waals surface area contributed by atoms with Crippen molar-refractivity contribution in [2.45, 2.75) is 0 Å². The van der Waals surface area contributed by atoms with E-state index in [1.54, 1.807) is 17.0 Å². The number of nitro benzene ring substituents is 1. The van der Waals surface area contributed by atoms with E-state index in [-0.39, 0.29) is 11.6 Å². The van der Waals surface area contributed by atoms with E-state index in [0.29, 0.717) is 23.1 Å². The Morgan fingerprint density at radius 1 is 1.39 bits per heavy atom. The molecule has 0 atom stereocenters. The van der Waals surface area contributed by atoms with E-state index in [1.807, 2.05) is 11.8 Å². The van der Waals surface area contributed by atoms with Crippen LogP contribution in [0.4, 0.5) is 5.69 Å². The normalized spacial score (nSPS) is 15.5. The zero-order valence-electron chi connectivity index (χ0n) is 9.47. The Hall–Kier alpha value is -1.08. The quantitative estimate of drug-likeness (QED) is 0.617.